The predicted molar refractivity (Wildman–Crippen MR) is 220 cm³/mol. The summed E-state index contributed by atoms with van der Waals surface area (Å²) in [7, 11) is 3.76. The quantitative estimate of drug-likeness (QED) is 0.0501. The van der Waals surface area contributed by atoms with Gasteiger partial charge in [-0.1, -0.05) is 12.1 Å². The van der Waals surface area contributed by atoms with Gasteiger partial charge in [-0.05, 0) is 88.1 Å². The fourth-order valence-corrected chi connectivity index (χ4v) is 8.38. The molecule has 1 atom stereocenters. The third-order valence-corrected chi connectivity index (χ3v) is 11.5. The number of halogens is 5. The van der Waals surface area contributed by atoms with E-state index in [4.69, 9.17) is 9.15 Å². The minimum absolute atomic E-state index is 0.0743. The second kappa shape index (κ2) is 19.6. The maximum absolute atomic E-state index is 14.1. The Morgan fingerprint density at radius 1 is 1.08 bits per heavy atom. The highest BCUT2D eigenvalue weighted by Gasteiger charge is 2.32. The number of carbonyl (C=O) groups is 3. The summed E-state index contributed by atoms with van der Waals surface area (Å²) in [6.07, 6.45) is 2.18. The summed E-state index contributed by atoms with van der Waals surface area (Å²) in [5.74, 6) is -1.36. The number of para-hydroxylation sites is 1. The zero-order valence-corrected chi connectivity index (χ0v) is 34.8. The molecule has 1 aliphatic carbocycles. The number of alkyl halides is 5. The van der Waals surface area contributed by atoms with Crippen LogP contribution >= 0.6 is 0 Å². The summed E-state index contributed by atoms with van der Waals surface area (Å²) in [5, 5.41) is 11.1. The van der Waals surface area contributed by atoms with Crippen LogP contribution in [0.1, 0.15) is 91.6 Å². The van der Waals surface area contributed by atoms with E-state index in [1.807, 2.05) is 18.2 Å². The van der Waals surface area contributed by atoms with Crippen LogP contribution in [0.3, 0.4) is 0 Å². The molecule has 5 aromatic rings. The number of amides is 3. The molecule has 0 spiro atoms. The molecule has 338 valence electrons. The van der Waals surface area contributed by atoms with Crippen LogP contribution in [-0.4, -0.2) is 97.6 Å². The second-order valence-electron chi connectivity index (χ2n) is 16.1. The third-order valence-electron chi connectivity index (χ3n) is 11.5. The van der Waals surface area contributed by atoms with Gasteiger partial charge in [0, 0.05) is 57.7 Å². The van der Waals surface area contributed by atoms with Gasteiger partial charge in [-0.2, -0.15) is 18.3 Å². The molecule has 3 N–H and O–H groups in total. The van der Waals surface area contributed by atoms with E-state index >= 15 is 0 Å². The molecule has 1 saturated heterocycles. The number of imidazole rings is 1. The van der Waals surface area contributed by atoms with Crippen LogP contribution in [0.25, 0.3) is 22.5 Å². The number of aryl methyl sites for hydroxylation is 2. The number of nitrogens with one attached hydrogen (secondary N) is 3. The van der Waals surface area contributed by atoms with Gasteiger partial charge in [-0.15, -0.1) is 0 Å². The third kappa shape index (κ3) is 11.0. The largest absolute Gasteiger partial charge is 0.444 e. The molecular formula is C42H49F5N10O6. The highest BCUT2D eigenvalue weighted by molar-refractivity contribution is 6.03. The van der Waals surface area contributed by atoms with Crippen molar-refractivity contribution in [1.82, 2.24) is 39.1 Å². The van der Waals surface area contributed by atoms with E-state index in [9.17, 15) is 41.1 Å². The Bertz CT molecular complexity index is 2470. The molecule has 5 heterocycles. The molecule has 1 aromatic carbocycles. The van der Waals surface area contributed by atoms with E-state index in [2.05, 4.69) is 43.0 Å². The highest BCUT2D eigenvalue weighted by atomic mass is 19.4. The summed E-state index contributed by atoms with van der Waals surface area (Å²) in [5.41, 5.74) is 1.42. The number of hydrogen-bond acceptors (Lipinski definition) is 11. The minimum Gasteiger partial charge on any atom is -0.444 e. The zero-order valence-electron chi connectivity index (χ0n) is 34.8. The van der Waals surface area contributed by atoms with Crippen LogP contribution in [-0.2, 0) is 27.8 Å². The van der Waals surface area contributed by atoms with E-state index in [0.29, 0.717) is 31.1 Å². The van der Waals surface area contributed by atoms with Crippen LogP contribution in [0.5, 0.6) is 0 Å². The van der Waals surface area contributed by atoms with Gasteiger partial charge >= 0.3 is 11.9 Å². The molecule has 1 saturated carbocycles. The van der Waals surface area contributed by atoms with Gasteiger partial charge in [0.15, 0.2) is 11.4 Å². The number of aromatic nitrogens is 6. The van der Waals surface area contributed by atoms with Crippen LogP contribution in [0.4, 0.5) is 33.5 Å². The maximum atomic E-state index is 14.1. The number of ether oxygens (including phenoxy) is 1. The predicted octanol–water partition coefficient (Wildman–Crippen LogP) is 6.43. The number of hydrogen-bond donors (Lipinski definition) is 3. The van der Waals surface area contributed by atoms with Crippen molar-refractivity contribution in [1.29, 1.82) is 0 Å². The number of benzene rings is 1. The summed E-state index contributed by atoms with van der Waals surface area (Å²) in [4.78, 5) is 60.7. The lowest BCUT2D eigenvalue weighted by Crippen LogP contribution is -2.44. The van der Waals surface area contributed by atoms with Crippen LogP contribution in [0, 0.1) is 5.92 Å². The molecule has 16 nitrogen and oxygen atoms in total. The summed E-state index contributed by atoms with van der Waals surface area (Å²) < 4.78 is 81.9. The molecular weight excluding hydrogens is 836 g/mol. The monoisotopic (exact) mass is 884 g/mol. The fourth-order valence-electron chi connectivity index (χ4n) is 8.38. The number of fused-ring (bicyclic) bond motifs is 1. The van der Waals surface area contributed by atoms with Crippen molar-refractivity contribution >= 4 is 40.3 Å². The van der Waals surface area contributed by atoms with Gasteiger partial charge in [0.25, 0.3) is 12.3 Å². The Kier molecular flexibility index (Phi) is 14.0. The molecule has 3 amide bonds. The van der Waals surface area contributed by atoms with Crippen LogP contribution in [0.2, 0.25) is 0 Å². The lowest BCUT2D eigenvalue weighted by atomic mass is 9.86. The topological polar surface area (TPSA) is 183 Å². The summed E-state index contributed by atoms with van der Waals surface area (Å²) in [6, 6.07) is 7.52. The van der Waals surface area contributed by atoms with E-state index in [-0.39, 0.29) is 59.1 Å². The number of oxazole rings is 1. The first-order valence-corrected chi connectivity index (χ1v) is 20.8. The first kappa shape index (κ1) is 45.1. The molecule has 7 rings (SSSR count). The first-order valence-electron chi connectivity index (χ1n) is 20.8. The van der Waals surface area contributed by atoms with Crippen molar-refractivity contribution in [2.45, 2.75) is 82.5 Å². The molecule has 21 heteroatoms. The summed E-state index contributed by atoms with van der Waals surface area (Å²) >= 11 is 0. The van der Waals surface area contributed by atoms with Crippen molar-refractivity contribution in [3.05, 3.63) is 76.4 Å². The molecule has 1 unspecified atom stereocenters. The Labute approximate surface area is 358 Å². The molecule has 63 heavy (non-hydrogen) atoms. The van der Waals surface area contributed by atoms with Crippen molar-refractivity contribution in [3.8, 4) is 11.5 Å². The molecule has 2 fully saturated rings. The van der Waals surface area contributed by atoms with E-state index in [1.165, 1.54) is 33.8 Å². The van der Waals surface area contributed by atoms with E-state index in [1.54, 1.807) is 11.6 Å². The fraction of sp³-hybridized carbons (Fsp3) is 0.500. The number of anilines is 2. The standard InChI is InChI=1S/C42H49F5N10O6/c1-54(17-5-19-62-18-4-7-26-6-3-8-31-36(26)55(2)41(61)57(31)32-13-14-34(58)52-39(32)60)21-25-9-11-28(12-10-25)56-22-29(35(53-56)37(43)44)50-38(59)30-23-63-40(51-30)27-15-16-48-33(20-27)49-24-42(45,46)47/h3,6,8,15-16,20,22-23,25,28,32,37H,4-5,7,9-14,17-19,21,24H2,1-2H3,(H,48,49)(H,50,59)(H,52,58,60). The number of pyridine rings is 1. The van der Waals surface area contributed by atoms with Crippen molar-refractivity contribution in [2.75, 3.05) is 50.5 Å². The number of imide groups is 1. The normalized spacial score (nSPS) is 18.4. The number of piperidine rings is 1. The average molecular weight is 885 g/mol. The number of rotatable bonds is 18. The smallest absolute Gasteiger partial charge is 0.405 e. The van der Waals surface area contributed by atoms with Gasteiger partial charge in [0.05, 0.1) is 22.8 Å². The van der Waals surface area contributed by atoms with E-state index < -0.39 is 42.7 Å². The second-order valence-corrected chi connectivity index (χ2v) is 16.1. The van der Waals surface area contributed by atoms with E-state index in [0.717, 1.165) is 69.0 Å². The van der Waals surface area contributed by atoms with Crippen molar-refractivity contribution in [2.24, 2.45) is 13.0 Å². The lowest BCUT2D eigenvalue weighted by Gasteiger charge is -2.31. The number of carbonyl (C=O) groups excluding carboxylic acids is 3. The summed E-state index contributed by atoms with van der Waals surface area (Å²) in [6.45, 7) is 1.55. The minimum atomic E-state index is -4.46. The highest BCUT2D eigenvalue weighted by Crippen LogP contribution is 2.35. The van der Waals surface area contributed by atoms with Gasteiger partial charge in [-0.3, -0.25) is 33.5 Å². The van der Waals surface area contributed by atoms with Gasteiger partial charge < -0.3 is 24.7 Å². The Balaban J connectivity index is 0.827. The van der Waals surface area contributed by atoms with Crippen LogP contribution < -0.4 is 21.6 Å². The lowest BCUT2D eigenvalue weighted by molar-refractivity contribution is -0.135. The number of nitrogens with zero attached hydrogens (tertiary/aromatic N) is 7. The zero-order chi connectivity index (χ0) is 44.8. The molecule has 0 radical (unpaired) electrons. The molecule has 0 bridgehead atoms. The maximum Gasteiger partial charge on any atom is 0.405 e. The molecule has 1 aliphatic heterocycles. The van der Waals surface area contributed by atoms with Gasteiger partial charge in [-0.25, -0.2) is 23.5 Å². The van der Waals surface area contributed by atoms with Crippen LogP contribution in [0.15, 0.2) is 58.2 Å². The van der Waals surface area contributed by atoms with Gasteiger partial charge in [0.2, 0.25) is 17.7 Å². The Morgan fingerprint density at radius 3 is 2.60 bits per heavy atom. The molecule has 2 aliphatic rings. The first-order chi connectivity index (χ1) is 30.1. The van der Waals surface area contributed by atoms with Crippen molar-refractivity contribution in [3.63, 3.8) is 0 Å². The van der Waals surface area contributed by atoms with Gasteiger partial charge in [0.1, 0.15) is 24.7 Å². The Hall–Kier alpha value is -5.96. The average Bonchev–Trinajstić information content (AvgIpc) is 3.98. The van der Waals surface area contributed by atoms with Crippen molar-refractivity contribution < 1.29 is 45.5 Å². The molecule has 4 aromatic heterocycles. The SMILES string of the molecule is CN(CCCOCCCc1cccc2c1n(C)c(=O)n2C1CCC(=O)NC1=O)CC1CCC(n2cc(NC(=O)c3coc(-c4ccnc(NCC(F)(F)F)c4)n3)c(C(F)F)n2)CC1. The Morgan fingerprint density at radius 2 is 1.86 bits per heavy atom.